The van der Waals surface area contributed by atoms with E-state index in [4.69, 9.17) is 4.74 Å². The summed E-state index contributed by atoms with van der Waals surface area (Å²) in [6.45, 7) is 5.74. The van der Waals surface area contributed by atoms with E-state index in [1.54, 1.807) is 18.2 Å². The van der Waals surface area contributed by atoms with Gasteiger partial charge in [0.1, 0.15) is 11.8 Å². The van der Waals surface area contributed by atoms with E-state index in [9.17, 15) is 10.1 Å². The molecule has 2 aromatic carbocycles. The fourth-order valence-corrected chi connectivity index (χ4v) is 3.09. The van der Waals surface area contributed by atoms with Crippen LogP contribution in [0.1, 0.15) is 40.9 Å². The van der Waals surface area contributed by atoms with Gasteiger partial charge in [-0.1, -0.05) is 6.07 Å². The lowest BCUT2D eigenvalue weighted by Gasteiger charge is -2.25. The Hall–Kier alpha value is -2.55. The van der Waals surface area contributed by atoms with Crippen LogP contribution in [0.4, 0.5) is 5.69 Å². The number of amides is 1. The molecule has 0 fully saturated rings. The molecule has 2 aromatic rings. The Labute approximate surface area is 166 Å². The molecule has 0 saturated carbocycles. The molecule has 0 bridgehead atoms. The largest absolute Gasteiger partial charge is 0.490 e. The summed E-state index contributed by atoms with van der Waals surface area (Å²) < 4.78 is 5.60. The van der Waals surface area contributed by atoms with Gasteiger partial charge in [-0.25, -0.2) is 0 Å². The molecular formula is C21H24ClN3O2. The second kappa shape index (κ2) is 8.90. The van der Waals surface area contributed by atoms with Crippen LogP contribution in [0.25, 0.3) is 0 Å². The second-order valence-electron chi connectivity index (χ2n) is 6.91. The highest BCUT2D eigenvalue weighted by molar-refractivity contribution is 6.04. The first-order chi connectivity index (χ1) is 12.5. The van der Waals surface area contributed by atoms with Crippen molar-refractivity contribution < 1.29 is 9.53 Å². The Morgan fingerprint density at radius 2 is 2.00 bits per heavy atom. The molecule has 5 nitrogen and oxygen atoms in total. The van der Waals surface area contributed by atoms with E-state index in [0.717, 1.165) is 25.2 Å². The molecule has 0 aliphatic carbocycles. The SMILES string of the molecule is CC(C)Oc1ccc(C(=O)Nc2ccc3c(c2)CN(C)CC3)cc1C#N.Cl. The van der Waals surface area contributed by atoms with Crippen molar-refractivity contribution in [1.82, 2.24) is 4.90 Å². The fraction of sp³-hybridized carbons (Fsp3) is 0.333. The average molecular weight is 386 g/mol. The van der Waals surface area contributed by atoms with E-state index in [-0.39, 0.29) is 24.4 Å². The Balaban J connectivity index is 0.00000261. The zero-order valence-corrected chi connectivity index (χ0v) is 16.6. The lowest BCUT2D eigenvalue weighted by Crippen LogP contribution is -2.26. The molecule has 1 N–H and O–H groups in total. The predicted octanol–water partition coefficient (Wildman–Crippen LogP) is 4.01. The van der Waals surface area contributed by atoms with Crippen molar-refractivity contribution in [3.05, 3.63) is 58.7 Å². The number of halogens is 1. The molecular weight excluding hydrogens is 362 g/mol. The molecule has 142 valence electrons. The number of anilines is 1. The van der Waals surface area contributed by atoms with E-state index in [2.05, 4.69) is 29.4 Å². The Bertz CT molecular complexity index is 874. The minimum atomic E-state index is -0.235. The number of ether oxygens (including phenoxy) is 1. The van der Waals surface area contributed by atoms with Crippen LogP contribution in [0, 0.1) is 11.3 Å². The zero-order chi connectivity index (χ0) is 18.7. The van der Waals surface area contributed by atoms with Crippen LogP contribution in [0.5, 0.6) is 5.75 Å². The van der Waals surface area contributed by atoms with Gasteiger partial charge in [0.25, 0.3) is 5.91 Å². The van der Waals surface area contributed by atoms with E-state index in [1.165, 1.54) is 11.1 Å². The molecule has 1 aliphatic heterocycles. The van der Waals surface area contributed by atoms with Crippen LogP contribution in [-0.2, 0) is 13.0 Å². The normalized spacial score (nSPS) is 13.3. The summed E-state index contributed by atoms with van der Waals surface area (Å²) in [7, 11) is 2.10. The van der Waals surface area contributed by atoms with Gasteiger partial charge in [-0.15, -0.1) is 12.4 Å². The maximum Gasteiger partial charge on any atom is 0.255 e. The third kappa shape index (κ3) is 5.00. The van der Waals surface area contributed by atoms with Crippen LogP contribution in [-0.4, -0.2) is 30.5 Å². The minimum absolute atomic E-state index is 0. The van der Waals surface area contributed by atoms with Crippen molar-refractivity contribution in [2.75, 3.05) is 18.9 Å². The zero-order valence-electron chi connectivity index (χ0n) is 15.8. The van der Waals surface area contributed by atoms with Crippen LogP contribution < -0.4 is 10.1 Å². The summed E-state index contributed by atoms with van der Waals surface area (Å²) in [5, 5.41) is 12.2. The molecule has 0 radical (unpaired) electrons. The summed E-state index contributed by atoms with van der Waals surface area (Å²) in [4.78, 5) is 14.8. The van der Waals surface area contributed by atoms with Gasteiger partial charge in [0, 0.05) is 24.3 Å². The summed E-state index contributed by atoms with van der Waals surface area (Å²) in [6.07, 6.45) is 0.999. The molecule has 6 heteroatoms. The first kappa shape index (κ1) is 20.8. The number of benzene rings is 2. The Kier molecular flexibility index (Phi) is 6.84. The number of carbonyl (C=O) groups excluding carboxylic acids is 1. The summed E-state index contributed by atoms with van der Waals surface area (Å²) in [5.74, 6) is 0.262. The molecule has 27 heavy (non-hydrogen) atoms. The van der Waals surface area contributed by atoms with E-state index in [0.29, 0.717) is 16.9 Å². The second-order valence-corrected chi connectivity index (χ2v) is 6.91. The van der Waals surface area contributed by atoms with E-state index < -0.39 is 0 Å². The number of likely N-dealkylation sites (N-methyl/N-ethyl adjacent to an activating group) is 1. The standard InChI is InChI=1S/C21H23N3O2.ClH/c1-14(2)26-20-7-5-16(10-17(20)12-22)21(25)23-19-6-4-15-8-9-24(3)13-18(15)11-19;/h4-7,10-11,14H,8-9,13H2,1-3H3,(H,23,25);1H. The van der Waals surface area contributed by atoms with Gasteiger partial charge in [0.2, 0.25) is 0 Å². The number of nitrogens with one attached hydrogen (secondary N) is 1. The summed E-state index contributed by atoms with van der Waals surface area (Å²) in [5.41, 5.74) is 4.15. The van der Waals surface area contributed by atoms with Crippen LogP contribution in [0.2, 0.25) is 0 Å². The number of nitriles is 1. The first-order valence-corrected chi connectivity index (χ1v) is 8.79. The highest BCUT2D eigenvalue weighted by atomic mass is 35.5. The van der Waals surface area contributed by atoms with Crippen molar-refractivity contribution in [3.8, 4) is 11.8 Å². The Morgan fingerprint density at radius 1 is 1.22 bits per heavy atom. The highest BCUT2D eigenvalue weighted by Gasteiger charge is 2.15. The van der Waals surface area contributed by atoms with Gasteiger partial charge in [-0.05, 0) is 68.8 Å². The average Bonchev–Trinajstić information content (AvgIpc) is 2.61. The number of hydrogen-bond acceptors (Lipinski definition) is 4. The lowest BCUT2D eigenvalue weighted by atomic mass is 9.99. The minimum Gasteiger partial charge on any atom is -0.490 e. The van der Waals surface area contributed by atoms with Gasteiger partial charge in [-0.2, -0.15) is 5.26 Å². The predicted molar refractivity (Wildman–Crippen MR) is 109 cm³/mol. The summed E-state index contributed by atoms with van der Waals surface area (Å²) >= 11 is 0. The van der Waals surface area contributed by atoms with Crippen LogP contribution >= 0.6 is 12.4 Å². The third-order valence-electron chi connectivity index (χ3n) is 4.39. The smallest absolute Gasteiger partial charge is 0.255 e. The van der Waals surface area contributed by atoms with Gasteiger partial charge >= 0.3 is 0 Å². The molecule has 0 aromatic heterocycles. The fourth-order valence-electron chi connectivity index (χ4n) is 3.09. The van der Waals surface area contributed by atoms with Gasteiger partial charge in [0.15, 0.2) is 0 Å². The van der Waals surface area contributed by atoms with Gasteiger partial charge in [0.05, 0.1) is 11.7 Å². The molecule has 1 amide bonds. The van der Waals surface area contributed by atoms with E-state index >= 15 is 0 Å². The highest BCUT2D eigenvalue weighted by Crippen LogP contribution is 2.24. The van der Waals surface area contributed by atoms with Crippen LogP contribution in [0.3, 0.4) is 0 Å². The monoisotopic (exact) mass is 385 g/mol. The van der Waals surface area contributed by atoms with Crippen molar-refractivity contribution in [2.45, 2.75) is 32.9 Å². The molecule has 0 saturated heterocycles. The van der Waals surface area contributed by atoms with Gasteiger partial charge in [-0.3, -0.25) is 4.79 Å². The number of fused-ring (bicyclic) bond motifs is 1. The van der Waals surface area contributed by atoms with Gasteiger partial charge < -0.3 is 15.0 Å². The molecule has 0 atom stereocenters. The maximum absolute atomic E-state index is 12.6. The quantitative estimate of drug-likeness (QED) is 0.863. The van der Waals surface area contributed by atoms with Crippen molar-refractivity contribution in [1.29, 1.82) is 5.26 Å². The molecule has 0 spiro atoms. The first-order valence-electron chi connectivity index (χ1n) is 8.79. The number of hydrogen-bond donors (Lipinski definition) is 1. The third-order valence-corrected chi connectivity index (χ3v) is 4.39. The Morgan fingerprint density at radius 3 is 2.70 bits per heavy atom. The molecule has 1 aliphatic rings. The number of nitrogens with zero attached hydrogens (tertiary/aromatic N) is 2. The summed E-state index contributed by atoms with van der Waals surface area (Å²) in [6, 6.07) is 13.1. The lowest BCUT2D eigenvalue weighted by molar-refractivity contribution is 0.102. The number of carbonyl (C=O) groups is 1. The van der Waals surface area contributed by atoms with Crippen LogP contribution in [0.15, 0.2) is 36.4 Å². The molecule has 1 heterocycles. The number of rotatable bonds is 4. The van der Waals surface area contributed by atoms with Crippen molar-refractivity contribution in [3.63, 3.8) is 0 Å². The van der Waals surface area contributed by atoms with Crippen molar-refractivity contribution >= 4 is 24.0 Å². The topological polar surface area (TPSA) is 65.4 Å². The van der Waals surface area contributed by atoms with E-state index in [1.807, 2.05) is 26.0 Å². The molecule has 3 rings (SSSR count). The molecule has 0 unspecified atom stereocenters. The maximum atomic E-state index is 12.6. The van der Waals surface area contributed by atoms with Crippen molar-refractivity contribution in [2.24, 2.45) is 0 Å².